The van der Waals surface area contributed by atoms with Gasteiger partial charge in [-0.2, -0.15) is 17.4 Å². The molecule has 1 amide bonds. The average molecular weight is 311 g/mol. The predicted octanol–water partition coefficient (Wildman–Crippen LogP) is 0.922. The smallest absolute Gasteiger partial charge is 0.280 e. The van der Waals surface area contributed by atoms with Crippen molar-refractivity contribution in [3.63, 3.8) is 0 Å². The summed E-state index contributed by atoms with van der Waals surface area (Å²) in [7, 11) is -3.74. The number of primary amides is 1. The Kier molecular flexibility index (Phi) is 4.97. The van der Waals surface area contributed by atoms with Gasteiger partial charge in [0, 0.05) is 12.6 Å². The molecule has 1 aliphatic rings. The molecule has 6 nitrogen and oxygen atoms in total. The number of nitrogens with one attached hydrogen (secondary N) is 1. The molecule has 21 heavy (non-hydrogen) atoms. The number of hydrogen-bond acceptors (Lipinski definition) is 3. The number of hydrogen-bond donors (Lipinski definition) is 2. The molecule has 0 bridgehead atoms. The summed E-state index contributed by atoms with van der Waals surface area (Å²) in [6.07, 6.45) is 2.68. The highest BCUT2D eigenvalue weighted by atomic mass is 32.2. The molecule has 0 radical (unpaired) electrons. The van der Waals surface area contributed by atoms with Crippen LogP contribution in [0.15, 0.2) is 30.3 Å². The van der Waals surface area contributed by atoms with Crippen LogP contribution in [0.2, 0.25) is 0 Å². The van der Waals surface area contributed by atoms with Crippen LogP contribution in [0.5, 0.6) is 0 Å². The largest absolute Gasteiger partial charge is 0.368 e. The van der Waals surface area contributed by atoms with Crippen LogP contribution in [0.4, 0.5) is 0 Å². The zero-order valence-corrected chi connectivity index (χ0v) is 12.8. The molecule has 1 aliphatic heterocycles. The molecule has 1 aromatic rings. The number of amides is 1. The van der Waals surface area contributed by atoms with Gasteiger partial charge in [0.25, 0.3) is 10.2 Å². The molecule has 3 N–H and O–H groups in total. The quantitative estimate of drug-likeness (QED) is 0.847. The van der Waals surface area contributed by atoms with Crippen molar-refractivity contribution in [1.82, 2.24) is 9.03 Å². The zero-order valence-electron chi connectivity index (χ0n) is 12.0. The van der Waals surface area contributed by atoms with E-state index in [0.717, 1.165) is 19.3 Å². The lowest BCUT2D eigenvalue weighted by atomic mass is 10.1. The number of benzene rings is 1. The molecule has 0 aliphatic carbocycles. The Morgan fingerprint density at radius 1 is 1.33 bits per heavy atom. The Balaban J connectivity index is 2.22. The Bertz CT molecular complexity index is 589. The van der Waals surface area contributed by atoms with Crippen LogP contribution < -0.4 is 10.5 Å². The number of nitrogens with two attached hydrogens (primary N) is 1. The van der Waals surface area contributed by atoms with Crippen molar-refractivity contribution in [2.45, 2.75) is 38.3 Å². The SMILES string of the molecule is C[C@H]1CCCCN1S(=O)(=O)N[C@H](C(N)=O)c1ccccc1. The summed E-state index contributed by atoms with van der Waals surface area (Å²) in [6.45, 7) is 2.34. The fraction of sp³-hybridized carbons (Fsp3) is 0.500. The molecule has 2 rings (SSSR count). The van der Waals surface area contributed by atoms with Crippen molar-refractivity contribution < 1.29 is 13.2 Å². The highest BCUT2D eigenvalue weighted by Crippen LogP contribution is 2.21. The van der Waals surface area contributed by atoms with E-state index in [1.54, 1.807) is 30.3 Å². The first-order valence-corrected chi connectivity index (χ1v) is 8.49. The highest BCUT2D eigenvalue weighted by Gasteiger charge is 2.33. The molecule has 116 valence electrons. The third kappa shape index (κ3) is 3.81. The van der Waals surface area contributed by atoms with Crippen molar-refractivity contribution in [3.8, 4) is 0 Å². The number of carbonyl (C=O) groups excluding carboxylic acids is 1. The molecule has 0 unspecified atom stereocenters. The van der Waals surface area contributed by atoms with Crippen LogP contribution in [0.1, 0.15) is 37.8 Å². The molecule has 0 aromatic heterocycles. The van der Waals surface area contributed by atoms with E-state index in [1.165, 1.54) is 4.31 Å². The highest BCUT2D eigenvalue weighted by molar-refractivity contribution is 7.87. The van der Waals surface area contributed by atoms with Gasteiger partial charge in [0.15, 0.2) is 0 Å². The maximum atomic E-state index is 12.5. The second-order valence-corrected chi connectivity index (χ2v) is 6.98. The van der Waals surface area contributed by atoms with Gasteiger partial charge < -0.3 is 5.73 Å². The Morgan fingerprint density at radius 2 is 2.00 bits per heavy atom. The minimum atomic E-state index is -3.74. The predicted molar refractivity (Wildman–Crippen MR) is 80.5 cm³/mol. The second kappa shape index (κ2) is 6.55. The van der Waals surface area contributed by atoms with E-state index < -0.39 is 22.2 Å². The van der Waals surface area contributed by atoms with E-state index in [2.05, 4.69) is 4.72 Å². The molecule has 0 spiro atoms. The Labute approximate surface area is 125 Å². The van der Waals surface area contributed by atoms with Crippen LogP contribution in [0.3, 0.4) is 0 Å². The van der Waals surface area contributed by atoms with E-state index in [0.29, 0.717) is 12.1 Å². The lowest BCUT2D eigenvalue weighted by Crippen LogP contribution is -2.50. The maximum Gasteiger partial charge on any atom is 0.280 e. The Morgan fingerprint density at radius 3 is 2.57 bits per heavy atom. The molecular weight excluding hydrogens is 290 g/mol. The minimum Gasteiger partial charge on any atom is -0.368 e. The van der Waals surface area contributed by atoms with E-state index in [1.807, 2.05) is 6.92 Å². The third-order valence-corrected chi connectivity index (χ3v) is 5.43. The van der Waals surface area contributed by atoms with Crippen LogP contribution in [0, 0.1) is 0 Å². The summed E-state index contributed by atoms with van der Waals surface area (Å²) in [5.74, 6) is -0.713. The van der Waals surface area contributed by atoms with Gasteiger partial charge in [-0.3, -0.25) is 4.79 Å². The zero-order chi connectivity index (χ0) is 15.5. The first-order valence-electron chi connectivity index (χ1n) is 7.05. The van der Waals surface area contributed by atoms with Gasteiger partial charge in [-0.1, -0.05) is 36.8 Å². The lowest BCUT2D eigenvalue weighted by Gasteiger charge is -2.33. The van der Waals surface area contributed by atoms with Gasteiger partial charge in [-0.25, -0.2) is 0 Å². The second-order valence-electron chi connectivity index (χ2n) is 5.32. The number of piperidine rings is 1. The van der Waals surface area contributed by atoms with Crippen LogP contribution >= 0.6 is 0 Å². The summed E-state index contributed by atoms with van der Waals surface area (Å²) in [5, 5.41) is 0. The summed E-state index contributed by atoms with van der Waals surface area (Å²) in [6, 6.07) is 7.51. The van der Waals surface area contributed by atoms with Gasteiger partial charge in [0.05, 0.1) is 0 Å². The first kappa shape index (κ1) is 15.9. The molecule has 1 saturated heterocycles. The summed E-state index contributed by atoms with van der Waals surface area (Å²) < 4.78 is 28.8. The van der Waals surface area contributed by atoms with Crippen LogP contribution in [0.25, 0.3) is 0 Å². The normalized spacial score (nSPS) is 21.9. The maximum absolute atomic E-state index is 12.5. The Hall–Kier alpha value is -1.44. The van der Waals surface area contributed by atoms with Crippen molar-refractivity contribution in [1.29, 1.82) is 0 Å². The number of carbonyl (C=O) groups is 1. The third-order valence-electron chi connectivity index (χ3n) is 3.73. The number of nitrogens with zero attached hydrogens (tertiary/aromatic N) is 1. The molecule has 0 saturated carbocycles. The molecule has 2 atom stereocenters. The van der Waals surface area contributed by atoms with Gasteiger partial charge in [0.1, 0.15) is 6.04 Å². The van der Waals surface area contributed by atoms with Gasteiger partial charge in [0.2, 0.25) is 5.91 Å². The van der Waals surface area contributed by atoms with Crippen molar-refractivity contribution >= 4 is 16.1 Å². The summed E-state index contributed by atoms with van der Waals surface area (Å²) in [5.41, 5.74) is 5.90. The number of rotatable bonds is 5. The van der Waals surface area contributed by atoms with Gasteiger partial charge in [-0.15, -0.1) is 0 Å². The van der Waals surface area contributed by atoms with Crippen LogP contribution in [-0.2, 0) is 15.0 Å². The van der Waals surface area contributed by atoms with Crippen molar-refractivity contribution in [3.05, 3.63) is 35.9 Å². The average Bonchev–Trinajstić information content (AvgIpc) is 2.46. The standard InChI is InChI=1S/C14H21N3O3S/c1-11-7-5-6-10-17(11)21(19,20)16-13(14(15)18)12-8-3-2-4-9-12/h2-4,8-9,11,13,16H,5-7,10H2,1H3,(H2,15,18)/t11-,13-/m0/s1. The van der Waals surface area contributed by atoms with E-state index in [-0.39, 0.29) is 6.04 Å². The topological polar surface area (TPSA) is 92.5 Å². The fourth-order valence-electron chi connectivity index (χ4n) is 2.58. The summed E-state index contributed by atoms with van der Waals surface area (Å²) in [4.78, 5) is 11.6. The molecule has 1 aromatic carbocycles. The van der Waals surface area contributed by atoms with Gasteiger partial charge >= 0.3 is 0 Å². The summed E-state index contributed by atoms with van der Waals surface area (Å²) >= 11 is 0. The van der Waals surface area contributed by atoms with E-state index in [9.17, 15) is 13.2 Å². The molecule has 1 heterocycles. The van der Waals surface area contributed by atoms with Crippen molar-refractivity contribution in [2.24, 2.45) is 5.73 Å². The monoisotopic (exact) mass is 311 g/mol. The first-order chi connectivity index (χ1) is 9.92. The minimum absolute atomic E-state index is 0.0689. The molecular formula is C14H21N3O3S. The van der Waals surface area contributed by atoms with Crippen molar-refractivity contribution in [2.75, 3.05) is 6.54 Å². The molecule has 7 heteroatoms. The molecule has 1 fully saturated rings. The lowest BCUT2D eigenvalue weighted by molar-refractivity contribution is -0.119. The van der Waals surface area contributed by atoms with E-state index >= 15 is 0 Å². The fourth-order valence-corrected chi connectivity index (χ4v) is 4.22. The van der Waals surface area contributed by atoms with Gasteiger partial charge in [-0.05, 0) is 25.3 Å². The van der Waals surface area contributed by atoms with Crippen LogP contribution in [-0.4, -0.2) is 31.2 Å². The van der Waals surface area contributed by atoms with E-state index in [4.69, 9.17) is 5.73 Å².